The second-order valence-corrected chi connectivity index (χ2v) is 7.42. The third-order valence-electron chi connectivity index (χ3n) is 5.57. The van der Waals surface area contributed by atoms with E-state index in [2.05, 4.69) is 45.6 Å². The van der Waals surface area contributed by atoms with Gasteiger partial charge in [0.1, 0.15) is 0 Å². The Hall–Kier alpha value is -1.86. The molecular weight excluding hydrogens is 324 g/mol. The molecule has 0 atom stereocenters. The molecule has 2 saturated heterocycles. The van der Waals surface area contributed by atoms with E-state index in [4.69, 9.17) is 9.98 Å². The topological polar surface area (TPSA) is 72.8 Å². The van der Waals surface area contributed by atoms with Crippen molar-refractivity contribution in [1.29, 1.82) is 0 Å². The van der Waals surface area contributed by atoms with Gasteiger partial charge in [-0.15, -0.1) is 0 Å². The Morgan fingerprint density at radius 3 is 1.46 bits per heavy atom. The van der Waals surface area contributed by atoms with Crippen LogP contribution in [0.15, 0.2) is 56.6 Å². The van der Waals surface area contributed by atoms with Gasteiger partial charge < -0.3 is 0 Å². The molecule has 5 aliphatic rings. The molecule has 0 aromatic rings. The molecule has 2 heterocycles. The molecule has 0 aromatic heterocycles. The van der Waals surface area contributed by atoms with Gasteiger partial charge in [0.2, 0.25) is 0 Å². The van der Waals surface area contributed by atoms with Crippen LogP contribution in [0.3, 0.4) is 0 Å². The number of fused-ring (bicyclic) bond motifs is 2. The third kappa shape index (κ3) is 3.38. The maximum Gasteiger partial charge on any atom is 0.153 e. The Kier molecular flexibility index (Phi) is 4.42. The number of nitrogens with one attached hydrogen (secondary N) is 4. The zero-order valence-electron chi connectivity index (χ0n) is 15.0. The normalized spacial score (nSPS) is 30.0. The predicted octanol–water partition coefficient (Wildman–Crippen LogP) is 1.13. The van der Waals surface area contributed by atoms with E-state index >= 15 is 0 Å². The molecule has 1 saturated carbocycles. The molecule has 0 unspecified atom stereocenters. The van der Waals surface area contributed by atoms with Crippen LogP contribution in [-0.2, 0) is 0 Å². The summed E-state index contributed by atoms with van der Waals surface area (Å²) in [4.78, 5) is 9.61. The summed E-state index contributed by atoms with van der Waals surface area (Å²) in [6.45, 7) is 3.98. The largest absolute Gasteiger partial charge is 0.282 e. The van der Waals surface area contributed by atoms with Crippen molar-refractivity contribution in [2.24, 2.45) is 9.98 Å². The third-order valence-corrected chi connectivity index (χ3v) is 5.57. The molecule has 0 bridgehead atoms. The van der Waals surface area contributed by atoms with Gasteiger partial charge in [-0.05, 0) is 47.3 Å². The maximum atomic E-state index is 4.81. The van der Waals surface area contributed by atoms with Gasteiger partial charge in [0, 0.05) is 50.4 Å². The van der Waals surface area contributed by atoms with Crippen LogP contribution < -0.4 is 21.3 Å². The second kappa shape index (κ2) is 7.04. The Balaban J connectivity index is 1.33. The van der Waals surface area contributed by atoms with Crippen LogP contribution in [0.2, 0.25) is 0 Å². The van der Waals surface area contributed by atoms with Gasteiger partial charge in [-0.2, -0.15) is 0 Å². The maximum absolute atomic E-state index is 4.81. The minimum atomic E-state index is 0.0846. The summed E-state index contributed by atoms with van der Waals surface area (Å²) in [7, 11) is 0. The molecule has 3 aliphatic carbocycles. The minimum absolute atomic E-state index is 0.0846. The second-order valence-electron chi connectivity index (χ2n) is 7.42. The van der Waals surface area contributed by atoms with Crippen LogP contribution in [0, 0.1) is 0 Å². The lowest BCUT2D eigenvalue weighted by atomic mass is 9.76. The first-order chi connectivity index (χ1) is 12.8. The zero-order chi connectivity index (χ0) is 17.3. The van der Waals surface area contributed by atoms with E-state index in [9.17, 15) is 0 Å². The average Bonchev–Trinajstić information content (AvgIpc) is 3.34. The van der Waals surface area contributed by atoms with Crippen molar-refractivity contribution >= 4 is 11.4 Å². The highest BCUT2D eigenvalue weighted by molar-refractivity contribution is 6.01. The van der Waals surface area contributed by atoms with Crippen molar-refractivity contribution in [3.8, 4) is 0 Å². The van der Waals surface area contributed by atoms with Crippen molar-refractivity contribution in [3.05, 3.63) is 46.6 Å². The highest BCUT2D eigenvalue weighted by atomic mass is 15.3. The van der Waals surface area contributed by atoms with Crippen LogP contribution in [-0.4, -0.2) is 50.2 Å². The Bertz CT molecular complexity index is 704. The quantitative estimate of drug-likeness (QED) is 0.602. The molecule has 136 valence electrons. The summed E-state index contributed by atoms with van der Waals surface area (Å²) >= 11 is 0. The van der Waals surface area contributed by atoms with Gasteiger partial charge in [-0.1, -0.05) is 12.2 Å². The molecule has 2 aliphatic heterocycles. The lowest BCUT2D eigenvalue weighted by molar-refractivity contribution is 0.580. The van der Waals surface area contributed by atoms with Crippen molar-refractivity contribution in [2.75, 3.05) is 26.2 Å². The predicted molar refractivity (Wildman–Crippen MR) is 105 cm³/mol. The van der Waals surface area contributed by atoms with Crippen LogP contribution in [0.1, 0.15) is 25.7 Å². The molecule has 0 amide bonds. The van der Waals surface area contributed by atoms with Gasteiger partial charge >= 0.3 is 0 Å². The summed E-state index contributed by atoms with van der Waals surface area (Å²) in [5, 5.41) is 13.5. The van der Waals surface area contributed by atoms with Gasteiger partial charge in [-0.3, -0.25) is 31.3 Å². The average molecular weight is 350 g/mol. The molecule has 3 fully saturated rings. The van der Waals surface area contributed by atoms with Gasteiger partial charge in [0.15, 0.2) is 12.6 Å². The van der Waals surface area contributed by atoms with Crippen LogP contribution >= 0.6 is 0 Å². The molecule has 5 rings (SSSR count). The lowest BCUT2D eigenvalue weighted by Crippen LogP contribution is -2.30. The smallest absolute Gasteiger partial charge is 0.153 e. The summed E-state index contributed by atoms with van der Waals surface area (Å²) in [5.74, 6) is 0. The summed E-state index contributed by atoms with van der Waals surface area (Å²) in [5.41, 5.74) is 8.18. The van der Waals surface area contributed by atoms with E-state index < -0.39 is 0 Å². The van der Waals surface area contributed by atoms with E-state index in [0.717, 1.165) is 51.9 Å². The number of allylic oxidation sites excluding steroid dienone is 8. The Morgan fingerprint density at radius 2 is 1.04 bits per heavy atom. The lowest BCUT2D eigenvalue weighted by Gasteiger charge is -2.29. The van der Waals surface area contributed by atoms with E-state index in [1.807, 2.05) is 0 Å². The van der Waals surface area contributed by atoms with Crippen molar-refractivity contribution in [2.45, 2.75) is 38.3 Å². The van der Waals surface area contributed by atoms with Crippen LogP contribution in [0.25, 0.3) is 0 Å². The summed E-state index contributed by atoms with van der Waals surface area (Å²) < 4.78 is 0. The molecule has 6 nitrogen and oxygen atoms in total. The molecular formula is C20H26N6. The fraction of sp³-hybridized carbons (Fsp3) is 0.500. The first kappa shape index (κ1) is 16.3. The molecule has 0 aromatic carbocycles. The van der Waals surface area contributed by atoms with Crippen LogP contribution in [0.4, 0.5) is 0 Å². The number of aliphatic imine (C=N–C) groups is 2. The van der Waals surface area contributed by atoms with E-state index in [1.165, 1.54) is 33.7 Å². The standard InChI is InChI=1S/C20H26N6/c1-3-17(25-19-21-5-6-22-19)11-15-10-14-2-4-18(12-16(14)9-13(1)15)26-20-23-7-8-24-20/h1-2,11-12,19-24H,3-10H2. The first-order valence-corrected chi connectivity index (χ1v) is 9.70. The fourth-order valence-electron chi connectivity index (χ4n) is 4.21. The molecule has 26 heavy (non-hydrogen) atoms. The molecule has 4 N–H and O–H groups in total. The number of hydrogen-bond acceptors (Lipinski definition) is 6. The summed E-state index contributed by atoms with van der Waals surface area (Å²) in [6, 6.07) is 0. The summed E-state index contributed by atoms with van der Waals surface area (Å²) in [6.07, 6.45) is 13.4. The van der Waals surface area contributed by atoms with E-state index in [-0.39, 0.29) is 12.6 Å². The first-order valence-electron chi connectivity index (χ1n) is 9.70. The van der Waals surface area contributed by atoms with E-state index in [1.54, 1.807) is 0 Å². The molecule has 0 radical (unpaired) electrons. The minimum Gasteiger partial charge on any atom is -0.282 e. The van der Waals surface area contributed by atoms with Crippen LogP contribution in [0.5, 0.6) is 0 Å². The van der Waals surface area contributed by atoms with E-state index in [0.29, 0.717) is 0 Å². The number of hydrogen-bond donors (Lipinski definition) is 4. The highest BCUT2D eigenvalue weighted by Crippen LogP contribution is 2.40. The Morgan fingerprint density at radius 1 is 0.615 bits per heavy atom. The SMILES string of the molecule is C1=C2CC3=CC(=NC4NCCN4)CC=C3CC2=CC(=NC2NCCN2)C1. The fourth-order valence-corrected chi connectivity index (χ4v) is 4.21. The highest BCUT2D eigenvalue weighted by Gasteiger charge is 2.25. The number of rotatable bonds is 2. The van der Waals surface area contributed by atoms with Crippen molar-refractivity contribution in [3.63, 3.8) is 0 Å². The van der Waals surface area contributed by atoms with Crippen molar-refractivity contribution in [1.82, 2.24) is 21.3 Å². The van der Waals surface area contributed by atoms with Gasteiger partial charge in [-0.25, -0.2) is 0 Å². The zero-order valence-corrected chi connectivity index (χ0v) is 15.0. The van der Waals surface area contributed by atoms with Gasteiger partial charge in [0.25, 0.3) is 0 Å². The number of nitrogens with zero attached hydrogens (tertiary/aromatic N) is 2. The Labute approximate surface area is 154 Å². The monoisotopic (exact) mass is 350 g/mol. The van der Waals surface area contributed by atoms with Crippen molar-refractivity contribution < 1.29 is 0 Å². The molecule has 6 heteroatoms. The van der Waals surface area contributed by atoms with Gasteiger partial charge in [0.05, 0.1) is 0 Å². The molecule has 0 spiro atoms.